The summed E-state index contributed by atoms with van der Waals surface area (Å²) in [6.45, 7) is 1.61. The van der Waals surface area contributed by atoms with Crippen LogP contribution in [0.4, 0.5) is 13.2 Å². The minimum Gasteiger partial charge on any atom is -0.480 e. The Morgan fingerprint density at radius 1 is 1.15 bits per heavy atom. The van der Waals surface area contributed by atoms with Crippen LogP contribution in [-0.2, 0) is 4.79 Å². The van der Waals surface area contributed by atoms with Crippen molar-refractivity contribution in [2.45, 2.75) is 19.4 Å². The highest BCUT2D eigenvalue weighted by Gasteiger charge is 2.23. The van der Waals surface area contributed by atoms with Gasteiger partial charge in [-0.25, -0.2) is 18.0 Å². The molecule has 3 aromatic rings. The fourth-order valence-electron chi connectivity index (χ4n) is 2.63. The average Bonchev–Trinajstić information content (AvgIpc) is 2.93. The van der Waals surface area contributed by atoms with E-state index in [-0.39, 0.29) is 27.0 Å². The zero-order valence-corrected chi connectivity index (χ0v) is 14.8. The number of nitrogens with zero attached hydrogens (tertiary/aromatic N) is 2. The van der Waals surface area contributed by atoms with Crippen molar-refractivity contribution in [3.05, 3.63) is 64.2 Å². The second kappa shape index (κ2) is 7.36. The standard InChI is InChI=1S/C18H13F3N2O3S/c1-2-13(17(25)26)23-14-7-11(20)12(21)8-15(14)27-18(23)22-16(24)9-3-5-10(19)6-4-9/h3-8,13H,2H2,1H3,(H,25,26)/b22-18-. The fraction of sp³-hybridized carbons (Fsp3) is 0.167. The molecule has 0 aliphatic carbocycles. The molecule has 0 fully saturated rings. The van der Waals surface area contributed by atoms with Crippen molar-refractivity contribution in [1.82, 2.24) is 4.57 Å². The second-order valence-corrected chi connectivity index (χ2v) is 6.68. The Bertz CT molecular complexity index is 1100. The highest BCUT2D eigenvalue weighted by Crippen LogP contribution is 2.25. The van der Waals surface area contributed by atoms with Crippen LogP contribution in [0, 0.1) is 17.5 Å². The highest BCUT2D eigenvalue weighted by molar-refractivity contribution is 7.16. The van der Waals surface area contributed by atoms with Crippen molar-refractivity contribution < 1.29 is 27.9 Å². The Balaban J connectivity index is 2.26. The fourth-order valence-corrected chi connectivity index (χ4v) is 3.70. The molecule has 140 valence electrons. The predicted molar refractivity (Wildman–Crippen MR) is 93.0 cm³/mol. The van der Waals surface area contributed by atoms with Gasteiger partial charge in [-0.1, -0.05) is 18.3 Å². The van der Waals surface area contributed by atoms with Gasteiger partial charge in [0.25, 0.3) is 5.91 Å². The monoisotopic (exact) mass is 394 g/mol. The van der Waals surface area contributed by atoms with Crippen molar-refractivity contribution in [2.24, 2.45) is 4.99 Å². The Morgan fingerprint density at radius 3 is 2.37 bits per heavy atom. The number of hydrogen-bond acceptors (Lipinski definition) is 3. The molecular weight excluding hydrogens is 381 g/mol. The Hall–Kier alpha value is -2.94. The zero-order valence-electron chi connectivity index (χ0n) is 13.9. The largest absolute Gasteiger partial charge is 0.480 e. The Morgan fingerprint density at radius 2 is 1.78 bits per heavy atom. The van der Waals surface area contributed by atoms with Crippen LogP contribution in [0.3, 0.4) is 0 Å². The zero-order chi connectivity index (χ0) is 19.7. The average molecular weight is 394 g/mol. The number of aromatic nitrogens is 1. The molecule has 0 aliphatic rings. The number of rotatable bonds is 4. The molecule has 0 bridgehead atoms. The molecule has 1 atom stereocenters. The van der Waals surface area contributed by atoms with Gasteiger partial charge in [-0.15, -0.1) is 0 Å². The van der Waals surface area contributed by atoms with Crippen LogP contribution in [-0.4, -0.2) is 21.6 Å². The van der Waals surface area contributed by atoms with Gasteiger partial charge in [0, 0.05) is 11.6 Å². The maximum Gasteiger partial charge on any atom is 0.326 e. The van der Waals surface area contributed by atoms with Gasteiger partial charge < -0.3 is 9.67 Å². The molecule has 9 heteroatoms. The van der Waals surface area contributed by atoms with Gasteiger partial charge in [0.1, 0.15) is 11.9 Å². The number of carbonyl (C=O) groups is 2. The summed E-state index contributed by atoms with van der Waals surface area (Å²) in [6, 6.07) is 5.37. The molecule has 1 amide bonds. The molecule has 5 nitrogen and oxygen atoms in total. The summed E-state index contributed by atoms with van der Waals surface area (Å²) in [5, 5.41) is 9.48. The number of fused-ring (bicyclic) bond motifs is 1. The number of halogens is 3. The summed E-state index contributed by atoms with van der Waals surface area (Å²) >= 11 is 0.865. The summed E-state index contributed by atoms with van der Waals surface area (Å²) in [7, 11) is 0. The third-order valence-electron chi connectivity index (χ3n) is 3.94. The molecule has 0 aliphatic heterocycles. The molecule has 0 saturated carbocycles. The lowest BCUT2D eigenvalue weighted by molar-refractivity contribution is -0.140. The van der Waals surface area contributed by atoms with Gasteiger partial charge in [0.15, 0.2) is 16.4 Å². The van der Waals surface area contributed by atoms with Gasteiger partial charge in [-0.3, -0.25) is 4.79 Å². The minimum absolute atomic E-state index is 0.0152. The summed E-state index contributed by atoms with van der Waals surface area (Å²) in [5.41, 5.74) is 0.222. The molecule has 1 unspecified atom stereocenters. The van der Waals surface area contributed by atoms with Crippen molar-refractivity contribution in [3.8, 4) is 0 Å². The van der Waals surface area contributed by atoms with Gasteiger partial charge in [-0.05, 0) is 36.8 Å². The number of carbonyl (C=O) groups excluding carboxylic acids is 1. The molecule has 1 N–H and O–H groups in total. The van der Waals surface area contributed by atoms with E-state index in [0.717, 1.165) is 35.6 Å². The van der Waals surface area contributed by atoms with Gasteiger partial charge in [0.05, 0.1) is 10.2 Å². The number of amides is 1. The van der Waals surface area contributed by atoms with Crippen LogP contribution in [0.25, 0.3) is 10.2 Å². The van der Waals surface area contributed by atoms with E-state index in [1.165, 1.54) is 16.7 Å². The van der Waals surface area contributed by atoms with Crippen LogP contribution >= 0.6 is 11.3 Å². The van der Waals surface area contributed by atoms with E-state index >= 15 is 0 Å². The molecule has 0 saturated heterocycles. The molecular formula is C18H13F3N2O3S. The van der Waals surface area contributed by atoms with Crippen LogP contribution in [0.1, 0.15) is 29.7 Å². The van der Waals surface area contributed by atoms with Gasteiger partial charge in [-0.2, -0.15) is 4.99 Å². The van der Waals surface area contributed by atoms with Crippen molar-refractivity contribution in [1.29, 1.82) is 0 Å². The molecule has 27 heavy (non-hydrogen) atoms. The van der Waals surface area contributed by atoms with Crippen LogP contribution in [0.2, 0.25) is 0 Å². The summed E-state index contributed by atoms with van der Waals surface area (Å²) < 4.78 is 41.7. The molecule has 0 spiro atoms. The lowest BCUT2D eigenvalue weighted by Crippen LogP contribution is -2.27. The number of thiazole rings is 1. The Labute approximate surface area is 155 Å². The van der Waals surface area contributed by atoms with E-state index in [9.17, 15) is 27.9 Å². The number of aliphatic carboxylic acids is 1. The number of carboxylic acid groups (broad SMARTS) is 1. The molecule has 3 rings (SSSR count). The molecule has 1 heterocycles. The van der Waals surface area contributed by atoms with E-state index in [2.05, 4.69) is 4.99 Å². The third kappa shape index (κ3) is 3.63. The van der Waals surface area contributed by atoms with Crippen LogP contribution in [0.15, 0.2) is 41.4 Å². The highest BCUT2D eigenvalue weighted by atomic mass is 32.1. The van der Waals surface area contributed by atoms with Crippen molar-refractivity contribution in [3.63, 3.8) is 0 Å². The summed E-state index contributed by atoms with van der Waals surface area (Å²) in [5.74, 6) is -4.66. The maximum absolute atomic E-state index is 13.7. The first kappa shape index (κ1) is 18.8. The summed E-state index contributed by atoms with van der Waals surface area (Å²) in [4.78, 5) is 27.9. The lowest BCUT2D eigenvalue weighted by Gasteiger charge is -2.13. The number of hydrogen-bond donors (Lipinski definition) is 1. The van der Waals surface area contributed by atoms with Crippen molar-refractivity contribution in [2.75, 3.05) is 0 Å². The van der Waals surface area contributed by atoms with Crippen LogP contribution < -0.4 is 4.80 Å². The third-order valence-corrected chi connectivity index (χ3v) is 4.96. The van der Waals surface area contributed by atoms with Gasteiger partial charge >= 0.3 is 5.97 Å². The molecule has 1 aromatic heterocycles. The minimum atomic E-state index is -1.20. The molecule has 0 radical (unpaired) electrons. The van der Waals surface area contributed by atoms with Gasteiger partial charge in [0.2, 0.25) is 0 Å². The number of carboxylic acids is 1. The van der Waals surface area contributed by atoms with E-state index < -0.39 is 35.4 Å². The first-order valence-corrected chi connectivity index (χ1v) is 8.71. The SMILES string of the molecule is CCC(C(=O)O)n1/c(=N/C(=O)c2ccc(F)cc2)sc2cc(F)c(F)cc21. The first-order chi connectivity index (χ1) is 12.8. The molecule has 2 aromatic carbocycles. The topological polar surface area (TPSA) is 71.7 Å². The summed E-state index contributed by atoms with van der Waals surface area (Å²) in [6.07, 6.45) is 0.137. The maximum atomic E-state index is 13.7. The van der Waals surface area contributed by atoms with Crippen molar-refractivity contribution >= 4 is 33.4 Å². The smallest absolute Gasteiger partial charge is 0.326 e. The predicted octanol–water partition coefficient (Wildman–Crippen LogP) is 3.90. The van der Waals surface area contributed by atoms with E-state index in [1.54, 1.807) is 6.92 Å². The first-order valence-electron chi connectivity index (χ1n) is 7.89. The normalized spacial score (nSPS) is 13.1. The lowest BCUT2D eigenvalue weighted by atomic mass is 10.2. The number of benzene rings is 2. The Kier molecular flexibility index (Phi) is 5.13. The van der Waals surface area contributed by atoms with Crippen LogP contribution in [0.5, 0.6) is 0 Å². The van der Waals surface area contributed by atoms with E-state index in [1.807, 2.05) is 0 Å². The second-order valence-electron chi connectivity index (χ2n) is 5.67. The van der Waals surface area contributed by atoms with E-state index in [4.69, 9.17) is 0 Å². The van der Waals surface area contributed by atoms with E-state index in [0.29, 0.717) is 0 Å². The quantitative estimate of drug-likeness (QED) is 0.730.